The maximum Gasteiger partial charge on any atom is 0.226 e. The molecule has 0 saturated heterocycles. The third-order valence-corrected chi connectivity index (χ3v) is 4.91. The number of nitrogens with zero attached hydrogens (tertiary/aromatic N) is 1. The lowest BCUT2D eigenvalue weighted by Crippen LogP contribution is -2.45. The first-order chi connectivity index (χ1) is 10.5. The smallest absolute Gasteiger partial charge is 0.226 e. The van der Waals surface area contributed by atoms with E-state index in [2.05, 4.69) is 24.1 Å². The van der Waals surface area contributed by atoms with Crippen LogP contribution in [0.4, 0.5) is 4.39 Å². The summed E-state index contributed by atoms with van der Waals surface area (Å²) in [5.41, 5.74) is 1.29. The summed E-state index contributed by atoms with van der Waals surface area (Å²) in [6, 6.07) is 6.33. The molecule has 1 aromatic carbocycles. The highest BCUT2D eigenvalue weighted by Crippen LogP contribution is 2.24. The summed E-state index contributed by atoms with van der Waals surface area (Å²) < 4.78 is 13.2. The molecule has 0 radical (unpaired) electrons. The molecule has 5 heteroatoms. The first kappa shape index (κ1) is 16.6. The van der Waals surface area contributed by atoms with Crippen molar-refractivity contribution in [3.63, 3.8) is 0 Å². The van der Waals surface area contributed by atoms with E-state index in [4.69, 9.17) is 0 Å². The Balaban J connectivity index is 2.05. The Hall–Kier alpha value is -1.75. The molecule has 2 aromatic rings. The third kappa shape index (κ3) is 4.13. The third-order valence-electron chi connectivity index (χ3n) is 3.97. The Kier molecular flexibility index (Phi) is 5.29. The van der Waals surface area contributed by atoms with Crippen LogP contribution < -0.4 is 5.32 Å². The highest BCUT2D eigenvalue weighted by atomic mass is 32.1. The normalized spacial score (nSPS) is 11.5. The zero-order valence-corrected chi connectivity index (χ0v) is 14.0. The second-order valence-corrected chi connectivity index (χ2v) is 6.51. The number of amides is 1. The van der Waals surface area contributed by atoms with Crippen LogP contribution in [0.15, 0.2) is 29.6 Å². The van der Waals surface area contributed by atoms with Crippen LogP contribution in [0, 0.1) is 5.82 Å². The molecule has 1 aromatic heterocycles. The van der Waals surface area contributed by atoms with Crippen LogP contribution in [0.3, 0.4) is 0 Å². The largest absolute Gasteiger partial charge is 0.351 e. The number of hydrogen-bond acceptors (Lipinski definition) is 3. The number of carbonyl (C=O) groups excluding carboxylic acids is 1. The maximum atomic E-state index is 13.2. The molecule has 0 atom stereocenters. The van der Waals surface area contributed by atoms with E-state index in [0.29, 0.717) is 0 Å². The average molecular weight is 320 g/mol. The van der Waals surface area contributed by atoms with E-state index in [1.165, 1.54) is 23.5 Å². The minimum Gasteiger partial charge on any atom is -0.351 e. The predicted molar refractivity (Wildman–Crippen MR) is 88.3 cm³/mol. The Morgan fingerprint density at radius 3 is 2.73 bits per heavy atom. The van der Waals surface area contributed by atoms with Gasteiger partial charge in [0, 0.05) is 16.5 Å². The second-order valence-electron chi connectivity index (χ2n) is 5.65. The molecule has 22 heavy (non-hydrogen) atoms. The van der Waals surface area contributed by atoms with Gasteiger partial charge in [-0.25, -0.2) is 9.37 Å². The van der Waals surface area contributed by atoms with Crippen molar-refractivity contribution in [2.75, 3.05) is 0 Å². The summed E-state index contributed by atoms with van der Waals surface area (Å²) in [5, 5.41) is 5.65. The van der Waals surface area contributed by atoms with Crippen LogP contribution in [-0.2, 0) is 11.2 Å². The van der Waals surface area contributed by atoms with Gasteiger partial charge in [-0.05, 0) is 31.9 Å². The average Bonchev–Trinajstić information content (AvgIpc) is 2.95. The van der Waals surface area contributed by atoms with Gasteiger partial charge in [0.15, 0.2) is 0 Å². The van der Waals surface area contributed by atoms with Gasteiger partial charge in [-0.3, -0.25) is 4.79 Å². The van der Waals surface area contributed by atoms with Crippen molar-refractivity contribution in [1.29, 1.82) is 0 Å². The van der Waals surface area contributed by atoms with Crippen LogP contribution in [-0.4, -0.2) is 16.4 Å². The Labute approximate surface area is 134 Å². The van der Waals surface area contributed by atoms with Crippen molar-refractivity contribution in [2.45, 2.75) is 45.6 Å². The van der Waals surface area contributed by atoms with Crippen LogP contribution in [0.2, 0.25) is 0 Å². The monoisotopic (exact) mass is 320 g/mol. The van der Waals surface area contributed by atoms with Crippen LogP contribution in [0.25, 0.3) is 10.6 Å². The Morgan fingerprint density at radius 1 is 1.36 bits per heavy atom. The van der Waals surface area contributed by atoms with Gasteiger partial charge in [0.25, 0.3) is 0 Å². The molecule has 1 heterocycles. The maximum absolute atomic E-state index is 13.2. The SMILES string of the molecule is CCC(C)(CC)NC(=O)Cc1csc(-c2cccc(F)c2)n1. The van der Waals surface area contributed by atoms with Gasteiger partial charge in [-0.15, -0.1) is 11.3 Å². The summed E-state index contributed by atoms with van der Waals surface area (Å²) >= 11 is 1.43. The zero-order chi connectivity index (χ0) is 16.2. The van der Waals surface area contributed by atoms with Crippen molar-refractivity contribution < 1.29 is 9.18 Å². The fourth-order valence-electron chi connectivity index (χ4n) is 2.11. The van der Waals surface area contributed by atoms with Crippen molar-refractivity contribution in [3.8, 4) is 10.6 Å². The molecule has 1 N–H and O–H groups in total. The van der Waals surface area contributed by atoms with Crippen LogP contribution in [0.1, 0.15) is 39.3 Å². The Bertz CT molecular complexity index is 650. The number of benzene rings is 1. The van der Waals surface area contributed by atoms with E-state index < -0.39 is 0 Å². The van der Waals surface area contributed by atoms with Crippen molar-refractivity contribution in [3.05, 3.63) is 41.2 Å². The van der Waals surface area contributed by atoms with E-state index in [1.807, 2.05) is 18.4 Å². The molecule has 0 unspecified atom stereocenters. The molecule has 0 aliphatic rings. The van der Waals surface area contributed by atoms with Crippen LogP contribution >= 0.6 is 11.3 Å². The number of hydrogen-bond donors (Lipinski definition) is 1. The minimum atomic E-state index is -0.284. The van der Waals surface area contributed by atoms with Gasteiger partial charge in [-0.1, -0.05) is 26.0 Å². The quantitative estimate of drug-likeness (QED) is 0.867. The number of halogens is 1. The lowest BCUT2D eigenvalue weighted by atomic mass is 9.95. The van der Waals surface area contributed by atoms with Gasteiger partial charge in [0.1, 0.15) is 10.8 Å². The first-order valence-corrected chi connectivity index (χ1v) is 8.35. The van der Waals surface area contributed by atoms with Crippen molar-refractivity contribution >= 4 is 17.2 Å². The van der Waals surface area contributed by atoms with Crippen LogP contribution in [0.5, 0.6) is 0 Å². The molecule has 2 rings (SSSR count). The predicted octanol–water partition coefficient (Wildman–Crippen LogP) is 4.19. The van der Waals surface area contributed by atoms with Crippen molar-refractivity contribution in [2.24, 2.45) is 0 Å². The standard InChI is InChI=1S/C17H21FN2OS/c1-4-17(3,5-2)20-15(21)10-14-11-22-16(19-14)12-7-6-8-13(18)9-12/h6-9,11H,4-5,10H2,1-3H3,(H,20,21). The van der Waals surface area contributed by atoms with Gasteiger partial charge < -0.3 is 5.32 Å². The second kappa shape index (κ2) is 7.01. The fraction of sp³-hybridized carbons (Fsp3) is 0.412. The summed E-state index contributed by atoms with van der Waals surface area (Å²) in [4.78, 5) is 16.6. The molecular weight excluding hydrogens is 299 g/mol. The van der Waals surface area contributed by atoms with Gasteiger partial charge >= 0.3 is 0 Å². The Morgan fingerprint density at radius 2 is 2.09 bits per heavy atom. The van der Waals surface area contributed by atoms with Gasteiger partial charge in [0.2, 0.25) is 5.91 Å². The molecule has 0 spiro atoms. The van der Waals surface area contributed by atoms with E-state index in [1.54, 1.807) is 6.07 Å². The topological polar surface area (TPSA) is 42.0 Å². The first-order valence-electron chi connectivity index (χ1n) is 7.47. The lowest BCUT2D eigenvalue weighted by molar-refractivity contribution is -0.122. The molecule has 0 aliphatic carbocycles. The van der Waals surface area contributed by atoms with E-state index >= 15 is 0 Å². The molecule has 3 nitrogen and oxygen atoms in total. The number of aromatic nitrogens is 1. The molecule has 0 aliphatic heterocycles. The lowest BCUT2D eigenvalue weighted by Gasteiger charge is -2.28. The van der Waals surface area contributed by atoms with E-state index in [0.717, 1.165) is 29.1 Å². The summed E-state index contributed by atoms with van der Waals surface area (Å²) in [6.45, 7) is 6.17. The number of carbonyl (C=O) groups is 1. The molecule has 1 amide bonds. The molecule has 0 saturated carbocycles. The number of nitrogens with one attached hydrogen (secondary N) is 1. The molecule has 0 fully saturated rings. The highest BCUT2D eigenvalue weighted by molar-refractivity contribution is 7.13. The molecule has 118 valence electrons. The fourth-order valence-corrected chi connectivity index (χ4v) is 2.93. The summed E-state index contributed by atoms with van der Waals surface area (Å²) in [5.74, 6) is -0.309. The minimum absolute atomic E-state index is 0.0257. The summed E-state index contributed by atoms with van der Waals surface area (Å²) in [6.07, 6.45) is 2.03. The van der Waals surface area contributed by atoms with E-state index in [9.17, 15) is 9.18 Å². The molecule has 0 bridgehead atoms. The van der Waals surface area contributed by atoms with Gasteiger partial charge in [0.05, 0.1) is 12.1 Å². The summed E-state index contributed by atoms with van der Waals surface area (Å²) in [7, 11) is 0. The molecular formula is C17H21FN2OS. The number of thiazole rings is 1. The van der Waals surface area contributed by atoms with E-state index in [-0.39, 0.29) is 23.7 Å². The highest BCUT2D eigenvalue weighted by Gasteiger charge is 2.22. The van der Waals surface area contributed by atoms with Gasteiger partial charge in [-0.2, -0.15) is 0 Å². The van der Waals surface area contributed by atoms with Crippen molar-refractivity contribution in [1.82, 2.24) is 10.3 Å². The number of rotatable bonds is 6. The zero-order valence-electron chi connectivity index (χ0n) is 13.1.